The molecule has 16 heavy (non-hydrogen) atoms. The first-order chi connectivity index (χ1) is 7.83. The quantitative estimate of drug-likeness (QED) is 0.770. The van der Waals surface area contributed by atoms with Crippen LogP contribution in [0.15, 0.2) is 24.3 Å². The Labute approximate surface area is 96.9 Å². The zero-order valence-electron chi connectivity index (χ0n) is 9.66. The van der Waals surface area contributed by atoms with E-state index in [0.717, 1.165) is 24.1 Å². The Balaban J connectivity index is 2.18. The van der Waals surface area contributed by atoms with Gasteiger partial charge in [0.15, 0.2) is 0 Å². The molecule has 0 aliphatic heterocycles. The number of hydrogen-bond donors (Lipinski definition) is 1. The molecule has 1 saturated carbocycles. The molecular formula is C14H20FN. The topological polar surface area (TPSA) is 26.0 Å². The molecule has 1 aliphatic rings. The van der Waals surface area contributed by atoms with Gasteiger partial charge >= 0.3 is 0 Å². The summed E-state index contributed by atoms with van der Waals surface area (Å²) >= 11 is 0. The van der Waals surface area contributed by atoms with Crippen LogP contribution in [0.2, 0.25) is 0 Å². The second-order valence-corrected chi connectivity index (χ2v) is 4.79. The summed E-state index contributed by atoms with van der Waals surface area (Å²) in [4.78, 5) is 0. The Kier molecular flexibility index (Phi) is 3.81. The summed E-state index contributed by atoms with van der Waals surface area (Å²) in [5.41, 5.74) is 7.69. The molecule has 0 aromatic heterocycles. The Morgan fingerprint density at radius 3 is 2.50 bits per heavy atom. The minimum absolute atomic E-state index is 0.0153. The van der Waals surface area contributed by atoms with Crippen LogP contribution >= 0.6 is 0 Å². The number of hydrogen-bond acceptors (Lipinski definition) is 1. The molecule has 0 heterocycles. The highest BCUT2D eigenvalue weighted by Gasteiger charge is 2.26. The van der Waals surface area contributed by atoms with Gasteiger partial charge in [-0.3, -0.25) is 4.39 Å². The van der Waals surface area contributed by atoms with Crippen LogP contribution in [-0.4, -0.2) is 6.67 Å². The molecule has 0 saturated heterocycles. The molecule has 0 spiro atoms. The molecule has 2 N–H and O–H groups in total. The Hall–Kier alpha value is -1.05. The van der Waals surface area contributed by atoms with E-state index in [9.17, 15) is 4.39 Å². The van der Waals surface area contributed by atoms with Crippen LogP contribution in [0.25, 0.3) is 0 Å². The standard InChI is InChI=1S/C14H20FN/c15-10-13(11-6-2-1-3-7-11)12-8-4-5-9-14(12)16/h4-5,8-9,11,13H,1-3,6-7,10,16H2. The van der Waals surface area contributed by atoms with Crippen LogP contribution in [0.5, 0.6) is 0 Å². The number of nitrogens with two attached hydrogens (primary N) is 1. The zero-order valence-corrected chi connectivity index (χ0v) is 9.66. The van der Waals surface area contributed by atoms with Crippen molar-refractivity contribution in [3.8, 4) is 0 Å². The number of benzene rings is 1. The molecular weight excluding hydrogens is 201 g/mol. The third-order valence-corrected chi connectivity index (χ3v) is 3.78. The molecule has 1 fully saturated rings. The highest BCUT2D eigenvalue weighted by molar-refractivity contribution is 5.48. The fourth-order valence-corrected chi connectivity index (χ4v) is 2.85. The molecule has 0 bridgehead atoms. The van der Waals surface area contributed by atoms with Crippen molar-refractivity contribution in [3.63, 3.8) is 0 Å². The first-order valence-corrected chi connectivity index (χ1v) is 6.23. The van der Waals surface area contributed by atoms with Crippen molar-refractivity contribution in [3.05, 3.63) is 29.8 Å². The first-order valence-electron chi connectivity index (χ1n) is 6.23. The van der Waals surface area contributed by atoms with Crippen molar-refractivity contribution in [2.45, 2.75) is 38.0 Å². The van der Waals surface area contributed by atoms with Crippen LogP contribution in [0.4, 0.5) is 10.1 Å². The molecule has 88 valence electrons. The van der Waals surface area contributed by atoms with Crippen molar-refractivity contribution in [2.75, 3.05) is 12.4 Å². The lowest BCUT2D eigenvalue weighted by Gasteiger charge is -2.29. The average molecular weight is 221 g/mol. The van der Waals surface area contributed by atoms with Gasteiger partial charge in [0.2, 0.25) is 0 Å². The minimum Gasteiger partial charge on any atom is -0.398 e. The molecule has 1 aromatic rings. The maximum absolute atomic E-state index is 13.3. The average Bonchev–Trinajstić information content (AvgIpc) is 2.34. The second kappa shape index (κ2) is 5.33. The predicted octanol–water partition coefficient (Wildman–Crippen LogP) is 3.90. The van der Waals surface area contributed by atoms with Crippen LogP contribution in [-0.2, 0) is 0 Å². The number of halogens is 1. The second-order valence-electron chi connectivity index (χ2n) is 4.79. The van der Waals surface area contributed by atoms with Crippen LogP contribution in [0.3, 0.4) is 0 Å². The molecule has 1 aromatic carbocycles. The smallest absolute Gasteiger partial charge is 0.0966 e. The molecule has 1 nitrogen and oxygen atoms in total. The van der Waals surface area contributed by atoms with Crippen LogP contribution < -0.4 is 5.73 Å². The van der Waals surface area contributed by atoms with Gasteiger partial charge in [0.25, 0.3) is 0 Å². The molecule has 0 amide bonds. The van der Waals surface area contributed by atoms with Gasteiger partial charge in [-0.1, -0.05) is 37.5 Å². The van der Waals surface area contributed by atoms with Crippen molar-refractivity contribution in [1.29, 1.82) is 0 Å². The highest BCUT2D eigenvalue weighted by Crippen LogP contribution is 2.38. The lowest BCUT2D eigenvalue weighted by molar-refractivity contribution is 0.264. The summed E-state index contributed by atoms with van der Waals surface area (Å²) in [5, 5.41) is 0. The van der Waals surface area contributed by atoms with E-state index in [1.807, 2.05) is 24.3 Å². The summed E-state index contributed by atoms with van der Waals surface area (Å²) in [6.45, 7) is -0.279. The lowest BCUT2D eigenvalue weighted by atomic mass is 9.77. The van der Waals surface area contributed by atoms with Crippen molar-refractivity contribution in [1.82, 2.24) is 0 Å². The summed E-state index contributed by atoms with van der Waals surface area (Å²) in [6.07, 6.45) is 6.10. The van der Waals surface area contributed by atoms with Gasteiger partial charge in [-0.05, 0) is 30.4 Å². The first kappa shape index (κ1) is 11.4. The van der Waals surface area contributed by atoms with Gasteiger partial charge in [-0.15, -0.1) is 0 Å². The molecule has 1 atom stereocenters. The van der Waals surface area contributed by atoms with E-state index in [4.69, 9.17) is 5.73 Å². The molecule has 1 aliphatic carbocycles. The maximum atomic E-state index is 13.3. The van der Waals surface area contributed by atoms with E-state index in [0.29, 0.717) is 5.92 Å². The number of para-hydroxylation sites is 1. The third-order valence-electron chi connectivity index (χ3n) is 3.78. The normalized spacial score (nSPS) is 19.6. The number of rotatable bonds is 3. The SMILES string of the molecule is Nc1ccccc1C(CF)C1CCCCC1. The monoisotopic (exact) mass is 221 g/mol. The fourth-order valence-electron chi connectivity index (χ4n) is 2.85. The van der Waals surface area contributed by atoms with Gasteiger partial charge in [0.1, 0.15) is 0 Å². The highest BCUT2D eigenvalue weighted by atomic mass is 19.1. The third kappa shape index (κ3) is 2.37. The van der Waals surface area contributed by atoms with E-state index in [-0.39, 0.29) is 12.6 Å². The molecule has 2 rings (SSSR count). The Bertz CT molecular complexity index is 331. The zero-order chi connectivity index (χ0) is 11.4. The summed E-state index contributed by atoms with van der Waals surface area (Å²) in [6, 6.07) is 7.72. The van der Waals surface area contributed by atoms with E-state index >= 15 is 0 Å². The molecule has 0 radical (unpaired) electrons. The largest absolute Gasteiger partial charge is 0.398 e. The summed E-state index contributed by atoms with van der Waals surface area (Å²) < 4.78 is 13.3. The number of alkyl halides is 1. The van der Waals surface area contributed by atoms with Crippen molar-refractivity contribution < 1.29 is 4.39 Å². The predicted molar refractivity (Wildman–Crippen MR) is 66.1 cm³/mol. The van der Waals surface area contributed by atoms with E-state index in [1.165, 1.54) is 19.3 Å². The minimum atomic E-state index is -0.279. The number of nitrogen functional groups attached to an aromatic ring is 1. The van der Waals surface area contributed by atoms with Gasteiger partial charge in [-0.25, -0.2) is 0 Å². The van der Waals surface area contributed by atoms with Crippen molar-refractivity contribution >= 4 is 5.69 Å². The fraction of sp³-hybridized carbons (Fsp3) is 0.571. The van der Waals surface area contributed by atoms with Gasteiger partial charge in [0, 0.05) is 11.6 Å². The van der Waals surface area contributed by atoms with Gasteiger partial charge < -0.3 is 5.73 Å². The van der Waals surface area contributed by atoms with E-state index in [2.05, 4.69) is 0 Å². The maximum Gasteiger partial charge on any atom is 0.0966 e. The Morgan fingerprint density at radius 1 is 1.19 bits per heavy atom. The van der Waals surface area contributed by atoms with Crippen LogP contribution in [0, 0.1) is 5.92 Å². The summed E-state index contributed by atoms with van der Waals surface area (Å²) in [7, 11) is 0. The van der Waals surface area contributed by atoms with Gasteiger partial charge in [-0.2, -0.15) is 0 Å². The van der Waals surface area contributed by atoms with E-state index < -0.39 is 0 Å². The summed E-state index contributed by atoms with van der Waals surface area (Å²) in [5.74, 6) is 0.505. The van der Waals surface area contributed by atoms with E-state index in [1.54, 1.807) is 0 Å². The molecule has 1 unspecified atom stereocenters. The lowest BCUT2D eigenvalue weighted by Crippen LogP contribution is -2.19. The van der Waals surface area contributed by atoms with Gasteiger partial charge in [0.05, 0.1) is 6.67 Å². The molecule has 2 heteroatoms. The number of anilines is 1. The Morgan fingerprint density at radius 2 is 1.88 bits per heavy atom. The van der Waals surface area contributed by atoms with Crippen LogP contribution in [0.1, 0.15) is 43.6 Å². The van der Waals surface area contributed by atoms with Crippen molar-refractivity contribution in [2.24, 2.45) is 5.92 Å².